The lowest BCUT2D eigenvalue weighted by Crippen LogP contribution is -2.62. The van der Waals surface area contributed by atoms with Gasteiger partial charge in [-0.3, -0.25) is 9.15 Å². The van der Waals surface area contributed by atoms with Crippen LogP contribution in [-0.2, 0) is 60.1 Å². The molecule has 67 heavy (non-hydrogen) atoms. The van der Waals surface area contributed by atoms with Crippen molar-refractivity contribution in [2.45, 2.75) is 245 Å². The van der Waals surface area contributed by atoms with Gasteiger partial charge in [0.25, 0.3) is 0 Å². The number of hydrogen-bond donors (Lipinski definition) is 0. The minimum Gasteiger partial charge on any atom is -0.437 e. The zero-order chi connectivity index (χ0) is 50.9. The monoisotopic (exact) mass is 1150 g/mol. The maximum atomic E-state index is 7.07. The van der Waals surface area contributed by atoms with E-state index in [1.807, 2.05) is 0 Å². The fourth-order valence-electron chi connectivity index (χ4n) is 10.6. The molecule has 26 heteroatoms. The van der Waals surface area contributed by atoms with E-state index >= 15 is 0 Å². The molecule has 4 rings (SSSR count). The molecule has 14 nitrogen and oxygen atoms in total. The highest BCUT2D eigenvalue weighted by Crippen LogP contribution is 2.43. The minimum atomic E-state index is -2.84. The van der Waals surface area contributed by atoms with Crippen LogP contribution in [-0.4, -0.2) is 133 Å². The first-order chi connectivity index (χ1) is 30.1. The van der Waals surface area contributed by atoms with Crippen LogP contribution >= 0.6 is 0 Å². The largest absolute Gasteiger partial charge is 0.437 e. The van der Waals surface area contributed by atoms with Crippen molar-refractivity contribution >= 4 is 103 Å². The van der Waals surface area contributed by atoms with E-state index in [4.69, 9.17) is 60.1 Å². The highest BCUT2D eigenvalue weighted by molar-refractivity contribution is 6.92. The standard InChI is InChI=1S/C41H100O14Si12/c1-24-57(3,4)35-42-58(5,6)48-60(9,10)50-62(13,14)52-64(17,18)54-66(21,22)55-65(19,20)53-63(15,16)51-61(11,12)49-59(7,8)45-46-67(23,32-30-37-26-28-39-41(34-37)44-39)47-56(2)31-29-36-25-27-38-40(33-36)43-38/h36-41,56H,24-35H2,1-23H3. The molecule has 0 bridgehead atoms. The third-order valence-corrected chi connectivity index (χ3v) is 55.2. The lowest BCUT2D eigenvalue weighted by Gasteiger charge is -2.44. The van der Waals surface area contributed by atoms with Gasteiger partial charge in [-0.2, -0.15) is 0 Å². The first kappa shape index (κ1) is 61.6. The Kier molecular flexibility index (Phi) is 21.2. The van der Waals surface area contributed by atoms with Crippen molar-refractivity contribution in [1.82, 2.24) is 0 Å². The maximum absolute atomic E-state index is 7.07. The van der Waals surface area contributed by atoms with E-state index in [2.05, 4.69) is 151 Å². The highest BCUT2D eigenvalue weighted by atomic mass is 28.5. The van der Waals surface area contributed by atoms with E-state index < -0.39 is 103 Å². The lowest BCUT2D eigenvalue weighted by molar-refractivity contribution is -0.153. The van der Waals surface area contributed by atoms with Crippen molar-refractivity contribution in [1.29, 1.82) is 0 Å². The molecule has 396 valence electrons. The quantitative estimate of drug-likeness (QED) is 0.0282. The molecule has 0 aromatic heterocycles. The van der Waals surface area contributed by atoms with Crippen molar-refractivity contribution in [3.05, 3.63) is 0 Å². The van der Waals surface area contributed by atoms with Gasteiger partial charge in [0, 0.05) is 6.23 Å². The van der Waals surface area contributed by atoms with Gasteiger partial charge >= 0.3 is 85.6 Å². The van der Waals surface area contributed by atoms with Gasteiger partial charge in [0.1, 0.15) is 0 Å². The molecule has 8 unspecified atom stereocenters. The maximum Gasteiger partial charge on any atom is 0.360 e. The molecule has 0 amide bonds. The fourth-order valence-corrected chi connectivity index (χ4v) is 63.8. The van der Waals surface area contributed by atoms with Crippen LogP contribution < -0.4 is 0 Å². The van der Waals surface area contributed by atoms with Crippen LogP contribution in [0.1, 0.15) is 58.3 Å². The molecule has 8 atom stereocenters. The third-order valence-electron chi connectivity index (χ3n) is 12.8. The molecule has 2 saturated heterocycles. The predicted octanol–water partition coefficient (Wildman–Crippen LogP) is 12.0. The Bertz CT molecular complexity index is 1590. The van der Waals surface area contributed by atoms with Crippen molar-refractivity contribution in [3.8, 4) is 0 Å². The second-order valence-corrected chi connectivity index (χ2v) is 68.9. The molecular formula is C41H100O14Si12. The van der Waals surface area contributed by atoms with Crippen LogP contribution in [0.2, 0.25) is 162 Å². The Morgan fingerprint density at radius 3 is 1.16 bits per heavy atom. The molecule has 2 saturated carbocycles. The van der Waals surface area contributed by atoms with E-state index in [-0.39, 0.29) is 0 Å². The number of rotatable bonds is 31. The number of epoxide rings is 2. The molecule has 0 radical (unpaired) electrons. The van der Waals surface area contributed by atoms with Crippen LogP contribution in [0.15, 0.2) is 0 Å². The summed E-state index contributed by atoms with van der Waals surface area (Å²) >= 11 is 0. The van der Waals surface area contributed by atoms with Gasteiger partial charge < -0.3 is 50.9 Å². The van der Waals surface area contributed by atoms with E-state index in [0.717, 1.165) is 37.1 Å². The summed E-state index contributed by atoms with van der Waals surface area (Å²) in [6, 6.07) is 3.25. The van der Waals surface area contributed by atoms with E-state index in [1.54, 1.807) is 0 Å². The summed E-state index contributed by atoms with van der Waals surface area (Å²) in [6.07, 6.45) is 12.4. The summed E-state index contributed by atoms with van der Waals surface area (Å²) < 4.78 is 93.2. The zero-order valence-corrected chi connectivity index (χ0v) is 58.9. The second kappa shape index (κ2) is 23.1. The normalized spacial score (nSPS) is 26.2. The van der Waals surface area contributed by atoms with Gasteiger partial charge in [-0.15, -0.1) is 0 Å². The first-order valence-corrected chi connectivity index (χ1v) is 59.4. The first-order valence-electron chi connectivity index (χ1n) is 25.7. The molecule has 4 aliphatic rings. The van der Waals surface area contributed by atoms with Crippen LogP contribution in [0, 0.1) is 11.8 Å². The Balaban J connectivity index is 1.29. The summed E-state index contributed by atoms with van der Waals surface area (Å²) in [4.78, 5) is 0. The summed E-state index contributed by atoms with van der Waals surface area (Å²) in [5.41, 5.74) is 0. The van der Waals surface area contributed by atoms with Crippen LogP contribution in [0.5, 0.6) is 0 Å². The Hall–Kier alpha value is 2.04. The van der Waals surface area contributed by atoms with Crippen molar-refractivity contribution in [3.63, 3.8) is 0 Å². The molecule has 2 aliphatic heterocycles. The average molecular weight is 1150 g/mol. The molecule has 4 fully saturated rings. The number of ether oxygens (including phenoxy) is 2. The summed E-state index contributed by atoms with van der Waals surface area (Å²) in [7, 11) is -30.0. The summed E-state index contributed by atoms with van der Waals surface area (Å²) in [5, 5.41) is 0. The number of fused-ring (bicyclic) bond motifs is 2. The van der Waals surface area contributed by atoms with Crippen LogP contribution in [0.3, 0.4) is 0 Å². The molecule has 0 spiro atoms. The predicted molar refractivity (Wildman–Crippen MR) is 299 cm³/mol. The van der Waals surface area contributed by atoms with E-state index in [9.17, 15) is 0 Å². The lowest BCUT2D eigenvalue weighted by atomic mass is 9.88. The molecule has 0 N–H and O–H groups in total. The van der Waals surface area contributed by atoms with Gasteiger partial charge in [0.2, 0.25) is 0 Å². The molecule has 2 heterocycles. The van der Waals surface area contributed by atoms with Crippen LogP contribution in [0.25, 0.3) is 0 Å². The fraction of sp³-hybridized carbons (Fsp3) is 1.00. The summed E-state index contributed by atoms with van der Waals surface area (Å²) in [5.74, 6) is 1.40. The van der Waals surface area contributed by atoms with E-state index in [0.29, 0.717) is 30.3 Å². The summed E-state index contributed by atoms with van der Waals surface area (Å²) in [6.45, 7) is 49.1. The SMILES string of the molecule is CC[Si](C)(C)CO[Si](C)(C)O[Si](C)(C)O[Si](C)(C)O[Si](C)(C)O[Si](C)(C)O[Si](C)(C)O[Si](C)(C)O[Si](C)(C)O[Si](C)(C)OO[Si](C)(CCC1CCC2OC2C1)O[SiH](C)CCC1CCC2OC2C1. The van der Waals surface area contributed by atoms with Crippen LogP contribution in [0.4, 0.5) is 0 Å². The van der Waals surface area contributed by atoms with Gasteiger partial charge in [0.15, 0.2) is 9.04 Å². The average Bonchev–Trinajstić information content (AvgIpc) is 4.02. The molecule has 2 aliphatic carbocycles. The smallest absolute Gasteiger partial charge is 0.360 e. The van der Waals surface area contributed by atoms with Gasteiger partial charge in [-0.25, -0.2) is 0 Å². The Morgan fingerprint density at radius 2 is 0.791 bits per heavy atom. The zero-order valence-electron chi connectivity index (χ0n) is 46.7. The van der Waals surface area contributed by atoms with Gasteiger partial charge in [0.05, 0.1) is 32.5 Å². The third kappa shape index (κ3) is 23.2. The minimum absolute atomic E-state index is 0.465. The van der Waals surface area contributed by atoms with Crippen molar-refractivity contribution in [2.24, 2.45) is 11.8 Å². The van der Waals surface area contributed by atoms with Gasteiger partial charge in [-0.05, 0) is 200 Å². The highest BCUT2D eigenvalue weighted by Gasteiger charge is 2.52. The van der Waals surface area contributed by atoms with Gasteiger partial charge in [-0.1, -0.05) is 32.5 Å². The van der Waals surface area contributed by atoms with E-state index in [1.165, 1.54) is 44.6 Å². The molecule has 0 aromatic rings. The van der Waals surface area contributed by atoms with Crippen molar-refractivity contribution < 1.29 is 60.1 Å². The van der Waals surface area contributed by atoms with Crippen molar-refractivity contribution in [2.75, 3.05) is 6.23 Å². The Labute approximate surface area is 423 Å². The molecular weight excluding hydrogens is 1050 g/mol. The second-order valence-electron chi connectivity index (χ2n) is 25.4. The number of hydrogen-bond acceptors (Lipinski definition) is 14. The Morgan fingerprint density at radius 1 is 0.433 bits per heavy atom. The molecule has 0 aromatic carbocycles. The topological polar surface area (TPSA) is 136 Å².